The maximum atomic E-state index is 8.01. The molecule has 0 saturated carbocycles. The van der Waals surface area contributed by atoms with Gasteiger partial charge in [-0.1, -0.05) is 30.3 Å². The number of nitrogens with one attached hydrogen (secondary N) is 1. The van der Waals surface area contributed by atoms with E-state index in [0.717, 1.165) is 22.6 Å². The van der Waals surface area contributed by atoms with Crippen molar-refractivity contribution in [2.75, 3.05) is 12.8 Å². The van der Waals surface area contributed by atoms with Gasteiger partial charge in [-0.15, -0.1) is 0 Å². The molecule has 0 atom stereocenters. The number of rotatable bonds is 6. The van der Waals surface area contributed by atoms with Crippen LogP contribution >= 0.6 is 0 Å². The molecule has 4 rings (SSSR count). The third-order valence-corrected chi connectivity index (χ3v) is 4.79. The molecular weight excluding hydrogens is 388 g/mol. The molecule has 3 aromatic carbocycles. The number of anilines is 1. The smallest absolute Gasteiger partial charge is 0.127 e. The van der Waals surface area contributed by atoms with Crippen LogP contribution in [0.3, 0.4) is 0 Å². The van der Waals surface area contributed by atoms with Crippen LogP contribution in [0, 0.1) is 5.41 Å². The first-order valence-electron chi connectivity index (χ1n) is 9.68. The number of para-hydroxylation sites is 1. The van der Waals surface area contributed by atoms with Crippen LogP contribution in [-0.4, -0.2) is 17.9 Å². The van der Waals surface area contributed by atoms with Crippen LogP contribution in [0.5, 0.6) is 17.2 Å². The summed E-state index contributed by atoms with van der Waals surface area (Å²) in [6.45, 7) is 0. The fraction of sp³-hybridized carbons (Fsp3) is 0.0400. The molecule has 6 heteroatoms. The highest BCUT2D eigenvalue weighted by Gasteiger charge is 2.16. The molecule has 0 fully saturated rings. The third-order valence-electron chi connectivity index (χ3n) is 4.79. The predicted octanol–water partition coefficient (Wildman–Crippen LogP) is 5.08. The van der Waals surface area contributed by atoms with E-state index in [4.69, 9.17) is 31.3 Å². The van der Waals surface area contributed by atoms with Crippen LogP contribution in [0.2, 0.25) is 0 Å². The minimum Gasteiger partial charge on any atom is -0.497 e. The Bertz CT molecular complexity index is 1220. The van der Waals surface area contributed by atoms with E-state index in [1.807, 2.05) is 78.9 Å². The molecule has 0 spiro atoms. The average molecular weight is 410 g/mol. The Labute approximate surface area is 180 Å². The van der Waals surface area contributed by atoms with Crippen molar-refractivity contribution in [3.05, 3.63) is 90.5 Å². The quantitative estimate of drug-likeness (QED) is 0.303. The molecule has 4 aromatic rings. The molecule has 154 valence electrons. The van der Waals surface area contributed by atoms with Gasteiger partial charge in [-0.05, 0) is 54.6 Å². The van der Waals surface area contributed by atoms with Crippen molar-refractivity contribution in [1.29, 1.82) is 5.41 Å². The van der Waals surface area contributed by atoms with Gasteiger partial charge < -0.3 is 20.9 Å². The van der Waals surface area contributed by atoms with E-state index in [2.05, 4.69) is 0 Å². The number of hydrogen-bond donors (Lipinski definition) is 3. The zero-order valence-electron chi connectivity index (χ0n) is 17.0. The Morgan fingerprint density at radius 2 is 1.48 bits per heavy atom. The first-order chi connectivity index (χ1) is 15.0. The van der Waals surface area contributed by atoms with Gasteiger partial charge in [0, 0.05) is 16.8 Å². The van der Waals surface area contributed by atoms with Crippen molar-refractivity contribution >= 4 is 11.5 Å². The van der Waals surface area contributed by atoms with Gasteiger partial charge in [0.25, 0.3) is 0 Å². The van der Waals surface area contributed by atoms with Crippen LogP contribution in [-0.2, 0) is 0 Å². The number of benzene rings is 3. The molecular formula is C25H22N4O2. The Morgan fingerprint density at radius 1 is 0.806 bits per heavy atom. The van der Waals surface area contributed by atoms with Crippen molar-refractivity contribution < 1.29 is 9.47 Å². The van der Waals surface area contributed by atoms with E-state index in [1.54, 1.807) is 13.2 Å². The molecule has 0 bridgehead atoms. The fourth-order valence-corrected chi connectivity index (χ4v) is 3.29. The minimum absolute atomic E-state index is 0.137. The highest BCUT2D eigenvalue weighted by molar-refractivity contribution is 6.05. The molecule has 5 N–H and O–H groups in total. The fourth-order valence-electron chi connectivity index (χ4n) is 3.29. The summed E-state index contributed by atoms with van der Waals surface area (Å²) >= 11 is 0. The second kappa shape index (κ2) is 8.59. The molecule has 0 aliphatic carbocycles. The molecule has 6 nitrogen and oxygen atoms in total. The summed E-state index contributed by atoms with van der Waals surface area (Å²) in [6.07, 6.45) is 0. The number of hydrogen-bond acceptors (Lipinski definition) is 5. The number of pyridine rings is 1. The highest BCUT2D eigenvalue weighted by Crippen LogP contribution is 2.33. The highest BCUT2D eigenvalue weighted by atomic mass is 16.5. The van der Waals surface area contributed by atoms with Gasteiger partial charge in [0.15, 0.2) is 0 Å². The normalized spacial score (nSPS) is 10.5. The molecule has 1 aromatic heterocycles. The third kappa shape index (κ3) is 4.33. The van der Waals surface area contributed by atoms with E-state index in [-0.39, 0.29) is 5.84 Å². The van der Waals surface area contributed by atoms with Crippen LogP contribution in [0.4, 0.5) is 5.69 Å². The molecule has 0 unspecified atom stereocenters. The number of aromatic nitrogens is 1. The Balaban J connectivity index is 1.75. The van der Waals surface area contributed by atoms with Crippen LogP contribution < -0.4 is 20.9 Å². The molecule has 0 aliphatic rings. The number of amidine groups is 1. The molecule has 0 radical (unpaired) electrons. The first-order valence-corrected chi connectivity index (χ1v) is 9.68. The molecule has 0 amide bonds. The van der Waals surface area contributed by atoms with E-state index < -0.39 is 0 Å². The number of methoxy groups -OCH3 is 1. The summed E-state index contributed by atoms with van der Waals surface area (Å²) < 4.78 is 11.2. The van der Waals surface area contributed by atoms with Gasteiger partial charge in [-0.25, -0.2) is 4.98 Å². The van der Waals surface area contributed by atoms with Gasteiger partial charge in [-0.2, -0.15) is 0 Å². The Hall–Kier alpha value is -4.32. The lowest BCUT2D eigenvalue weighted by atomic mass is 10.0. The first kappa shape index (κ1) is 20.0. The summed E-state index contributed by atoms with van der Waals surface area (Å²) in [5.41, 5.74) is 15.8. The van der Waals surface area contributed by atoms with Crippen LogP contribution in [0.15, 0.2) is 84.9 Å². The Morgan fingerprint density at radius 3 is 2.16 bits per heavy atom. The van der Waals surface area contributed by atoms with Crippen LogP contribution in [0.25, 0.3) is 22.5 Å². The maximum Gasteiger partial charge on any atom is 0.127 e. The van der Waals surface area contributed by atoms with Crippen molar-refractivity contribution in [2.45, 2.75) is 0 Å². The lowest BCUT2D eigenvalue weighted by Gasteiger charge is -2.14. The zero-order chi connectivity index (χ0) is 21.8. The number of nitrogen functional groups attached to an aromatic ring is 2. The summed E-state index contributed by atoms with van der Waals surface area (Å²) in [7, 11) is 1.62. The van der Waals surface area contributed by atoms with Crippen molar-refractivity contribution in [3.8, 4) is 39.8 Å². The topological polar surface area (TPSA) is 107 Å². The number of nitrogens with zero attached hydrogens (tertiary/aromatic N) is 1. The summed E-state index contributed by atoms with van der Waals surface area (Å²) in [5, 5.41) is 8.01. The monoisotopic (exact) mass is 410 g/mol. The number of nitrogens with two attached hydrogens (primary N) is 2. The molecule has 0 saturated heterocycles. The van der Waals surface area contributed by atoms with Crippen molar-refractivity contribution in [1.82, 2.24) is 4.98 Å². The second-order valence-corrected chi connectivity index (χ2v) is 6.91. The lowest BCUT2D eigenvalue weighted by molar-refractivity contribution is 0.415. The average Bonchev–Trinajstić information content (AvgIpc) is 2.79. The van der Waals surface area contributed by atoms with Gasteiger partial charge in [0.2, 0.25) is 0 Å². The van der Waals surface area contributed by atoms with Crippen LogP contribution in [0.1, 0.15) is 5.56 Å². The predicted molar refractivity (Wildman–Crippen MR) is 124 cm³/mol. The van der Waals surface area contributed by atoms with Crippen molar-refractivity contribution in [2.24, 2.45) is 5.73 Å². The molecule has 0 aliphatic heterocycles. The largest absolute Gasteiger partial charge is 0.497 e. The molecule has 1 heterocycles. The summed E-state index contributed by atoms with van der Waals surface area (Å²) in [6, 6.07) is 26.3. The standard InChI is InChI=1S/C25H22N4O2/c1-30-20-9-5-6-17(14-20)22-15-21(26)23(25(27)28)24(29-22)16-10-12-19(13-11-16)31-18-7-3-2-4-8-18/h2-15H,1H3,(H2,26,29)(H3,27,28). The zero-order valence-corrected chi connectivity index (χ0v) is 17.0. The van der Waals surface area contributed by atoms with E-state index >= 15 is 0 Å². The second-order valence-electron chi connectivity index (χ2n) is 6.91. The molecule has 31 heavy (non-hydrogen) atoms. The summed E-state index contributed by atoms with van der Waals surface area (Å²) in [5.74, 6) is 2.03. The summed E-state index contributed by atoms with van der Waals surface area (Å²) in [4.78, 5) is 4.79. The van der Waals surface area contributed by atoms with E-state index in [0.29, 0.717) is 28.4 Å². The maximum absolute atomic E-state index is 8.01. The van der Waals surface area contributed by atoms with Gasteiger partial charge in [0.1, 0.15) is 23.1 Å². The Kier molecular flexibility index (Phi) is 5.53. The van der Waals surface area contributed by atoms with Gasteiger partial charge >= 0.3 is 0 Å². The lowest BCUT2D eigenvalue weighted by Crippen LogP contribution is -2.16. The van der Waals surface area contributed by atoms with Crippen molar-refractivity contribution in [3.63, 3.8) is 0 Å². The van der Waals surface area contributed by atoms with Gasteiger partial charge in [-0.3, -0.25) is 5.41 Å². The van der Waals surface area contributed by atoms with E-state index in [9.17, 15) is 0 Å². The van der Waals surface area contributed by atoms with E-state index in [1.165, 1.54) is 0 Å². The minimum atomic E-state index is -0.137. The van der Waals surface area contributed by atoms with Gasteiger partial charge in [0.05, 0.1) is 24.1 Å². The SMILES string of the molecule is COc1cccc(-c2cc(N)c(C(=N)N)c(-c3ccc(Oc4ccccc4)cc3)n2)c1. The number of ether oxygens (including phenoxy) is 2.